The van der Waals surface area contributed by atoms with E-state index < -0.39 is 33.0 Å². The Labute approximate surface area is 155 Å². The number of aryl methyl sites for hydroxylation is 1. The van der Waals surface area contributed by atoms with Gasteiger partial charge in [0.2, 0.25) is 10.0 Å². The Morgan fingerprint density at radius 2 is 1.73 bits per heavy atom. The number of thioether (sulfide) groups is 1. The summed E-state index contributed by atoms with van der Waals surface area (Å²) in [4.78, 5) is 2.05. The number of rotatable bonds is 5. The van der Waals surface area contributed by atoms with Crippen molar-refractivity contribution in [3.05, 3.63) is 23.5 Å². The van der Waals surface area contributed by atoms with Gasteiger partial charge >= 0.3 is 6.18 Å². The Morgan fingerprint density at radius 1 is 1.15 bits per heavy atom. The molecule has 2 rings (SSSR count). The number of anilines is 1. The lowest BCUT2D eigenvalue weighted by Gasteiger charge is -2.36. The molecule has 1 aliphatic rings. The van der Waals surface area contributed by atoms with E-state index >= 15 is 0 Å². The molecule has 0 saturated carbocycles. The predicted octanol–water partition coefficient (Wildman–Crippen LogP) is 3.65. The fourth-order valence-electron chi connectivity index (χ4n) is 2.68. The lowest BCUT2D eigenvalue weighted by molar-refractivity contribution is -0.105. The molecule has 10 heteroatoms. The Balaban J connectivity index is 2.15. The molecule has 0 N–H and O–H groups in total. The van der Waals surface area contributed by atoms with E-state index in [0.717, 1.165) is 0 Å². The van der Waals surface area contributed by atoms with E-state index in [4.69, 9.17) is 0 Å². The van der Waals surface area contributed by atoms with Crippen LogP contribution in [0.1, 0.15) is 19.4 Å². The van der Waals surface area contributed by atoms with E-state index in [-0.39, 0.29) is 31.9 Å². The number of sulfonamides is 1. The lowest BCUT2D eigenvalue weighted by atomic mass is 10.2. The zero-order valence-corrected chi connectivity index (χ0v) is 16.4. The van der Waals surface area contributed by atoms with Crippen LogP contribution >= 0.6 is 11.8 Å². The number of hydrogen-bond acceptors (Lipinski definition) is 4. The Hall–Kier alpha value is -1.00. The maximum absolute atomic E-state index is 14.3. The molecule has 0 bridgehead atoms. The summed E-state index contributed by atoms with van der Waals surface area (Å²) in [7, 11) is -3.37. The van der Waals surface area contributed by atoms with Crippen molar-refractivity contribution in [3.8, 4) is 0 Å². The van der Waals surface area contributed by atoms with Crippen LogP contribution in [0.4, 0.5) is 23.2 Å². The minimum atomic E-state index is -4.30. The van der Waals surface area contributed by atoms with Crippen LogP contribution in [-0.4, -0.2) is 56.1 Å². The first-order chi connectivity index (χ1) is 11.9. The molecule has 0 unspecified atom stereocenters. The van der Waals surface area contributed by atoms with Crippen LogP contribution < -0.4 is 4.90 Å². The first-order valence-corrected chi connectivity index (χ1v) is 10.6. The largest absolute Gasteiger partial charge is 0.398 e. The summed E-state index contributed by atoms with van der Waals surface area (Å²) in [6, 6.07) is 2.65. The molecule has 0 aromatic heterocycles. The molecule has 1 aliphatic heterocycles. The van der Waals surface area contributed by atoms with Gasteiger partial charge in [0.25, 0.3) is 0 Å². The van der Waals surface area contributed by atoms with Gasteiger partial charge in [-0.2, -0.15) is 17.5 Å². The molecule has 1 heterocycles. The number of benzene rings is 1. The molecule has 26 heavy (non-hydrogen) atoms. The highest BCUT2D eigenvalue weighted by Crippen LogP contribution is 2.34. The molecule has 1 aromatic rings. The normalized spacial score (nSPS) is 17.2. The maximum Gasteiger partial charge on any atom is 0.398 e. The summed E-state index contributed by atoms with van der Waals surface area (Å²) in [5.74, 6) is -1.56. The zero-order valence-electron chi connectivity index (χ0n) is 14.8. The number of hydrogen-bond donors (Lipinski definition) is 0. The van der Waals surface area contributed by atoms with Gasteiger partial charge in [-0.25, -0.2) is 12.8 Å². The van der Waals surface area contributed by atoms with Gasteiger partial charge in [0.1, 0.15) is 5.82 Å². The van der Waals surface area contributed by atoms with E-state index in [9.17, 15) is 26.0 Å². The number of alkyl halides is 3. The molecule has 148 valence electrons. The van der Waals surface area contributed by atoms with Crippen LogP contribution in [0, 0.1) is 12.7 Å². The molecule has 0 atom stereocenters. The molecule has 0 spiro atoms. The van der Waals surface area contributed by atoms with Gasteiger partial charge in [-0.05, 0) is 38.5 Å². The average Bonchev–Trinajstić information content (AvgIpc) is 2.53. The second kappa shape index (κ2) is 7.93. The van der Waals surface area contributed by atoms with Crippen molar-refractivity contribution in [2.45, 2.75) is 37.1 Å². The van der Waals surface area contributed by atoms with E-state index in [1.165, 1.54) is 16.4 Å². The number of nitrogens with zero attached hydrogens (tertiary/aromatic N) is 2. The van der Waals surface area contributed by atoms with Crippen molar-refractivity contribution in [2.75, 3.05) is 36.8 Å². The SMILES string of the molecule is Cc1cc(F)c(N2CCN(S(=O)(=O)C(C)C)CC2)cc1SCC(F)(F)F. The quantitative estimate of drug-likeness (QED) is 0.545. The molecular formula is C16H22F4N2O2S2. The van der Waals surface area contributed by atoms with Crippen LogP contribution in [0.5, 0.6) is 0 Å². The van der Waals surface area contributed by atoms with Crippen molar-refractivity contribution >= 4 is 27.5 Å². The molecule has 0 aliphatic carbocycles. The van der Waals surface area contributed by atoms with E-state index in [1.807, 2.05) is 0 Å². The molecule has 0 amide bonds. The van der Waals surface area contributed by atoms with Gasteiger partial charge in [-0.15, -0.1) is 11.8 Å². The van der Waals surface area contributed by atoms with E-state index in [0.29, 0.717) is 22.2 Å². The van der Waals surface area contributed by atoms with Crippen molar-refractivity contribution in [2.24, 2.45) is 0 Å². The molecule has 4 nitrogen and oxygen atoms in total. The third kappa shape index (κ3) is 5.04. The standard InChI is InChI=1S/C16H22F4N2O2S2/c1-11(2)26(23,24)22-6-4-21(5-7-22)14-9-15(12(3)8-13(14)17)25-10-16(18,19)20/h8-9,11H,4-7,10H2,1-3H3. The summed E-state index contributed by atoms with van der Waals surface area (Å²) < 4.78 is 77.5. The summed E-state index contributed by atoms with van der Waals surface area (Å²) in [5, 5.41) is -0.532. The van der Waals surface area contributed by atoms with Crippen molar-refractivity contribution in [1.29, 1.82) is 0 Å². The summed E-state index contributed by atoms with van der Waals surface area (Å²) in [6.07, 6.45) is -4.30. The fourth-order valence-corrected chi connectivity index (χ4v) is 4.75. The second-order valence-corrected chi connectivity index (χ2v) is 9.96. The minimum Gasteiger partial charge on any atom is -0.366 e. The third-order valence-electron chi connectivity index (χ3n) is 4.17. The monoisotopic (exact) mass is 414 g/mol. The number of halogens is 4. The van der Waals surface area contributed by atoms with Crippen LogP contribution in [0.3, 0.4) is 0 Å². The summed E-state index contributed by atoms with van der Waals surface area (Å²) in [5.41, 5.74) is 0.656. The minimum absolute atomic E-state index is 0.210. The van der Waals surface area contributed by atoms with Crippen molar-refractivity contribution < 1.29 is 26.0 Å². The van der Waals surface area contributed by atoms with Gasteiger partial charge in [-0.1, -0.05) is 0 Å². The Bertz CT molecular complexity index is 743. The third-order valence-corrected chi connectivity index (χ3v) is 7.67. The zero-order chi connectivity index (χ0) is 19.7. The second-order valence-electron chi connectivity index (χ2n) is 6.45. The smallest absolute Gasteiger partial charge is 0.366 e. The Kier molecular flexibility index (Phi) is 6.50. The van der Waals surface area contributed by atoms with Gasteiger partial charge in [0, 0.05) is 31.1 Å². The van der Waals surface area contributed by atoms with E-state index in [1.54, 1.807) is 25.7 Å². The van der Waals surface area contributed by atoms with Gasteiger partial charge in [-0.3, -0.25) is 0 Å². The molecule has 1 saturated heterocycles. The highest BCUT2D eigenvalue weighted by atomic mass is 32.2. The summed E-state index contributed by atoms with van der Waals surface area (Å²) in [6.45, 7) is 5.79. The van der Waals surface area contributed by atoms with Crippen LogP contribution in [0.25, 0.3) is 0 Å². The molecule has 0 radical (unpaired) electrons. The summed E-state index contributed by atoms with van der Waals surface area (Å²) >= 11 is 0.625. The fraction of sp³-hybridized carbons (Fsp3) is 0.625. The van der Waals surface area contributed by atoms with Gasteiger partial charge in [0.15, 0.2) is 0 Å². The average molecular weight is 414 g/mol. The topological polar surface area (TPSA) is 40.6 Å². The van der Waals surface area contributed by atoms with Crippen molar-refractivity contribution in [3.63, 3.8) is 0 Å². The maximum atomic E-state index is 14.3. The van der Waals surface area contributed by atoms with Crippen LogP contribution in [0.2, 0.25) is 0 Å². The molecule has 1 fully saturated rings. The highest BCUT2D eigenvalue weighted by Gasteiger charge is 2.31. The first kappa shape index (κ1) is 21.3. The predicted molar refractivity (Wildman–Crippen MR) is 95.8 cm³/mol. The first-order valence-electron chi connectivity index (χ1n) is 8.15. The lowest BCUT2D eigenvalue weighted by Crippen LogP contribution is -2.50. The van der Waals surface area contributed by atoms with Gasteiger partial charge < -0.3 is 4.90 Å². The highest BCUT2D eigenvalue weighted by molar-refractivity contribution is 7.99. The van der Waals surface area contributed by atoms with E-state index in [2.05, 4.69) is 0 Å². The van der Waals surface area contributed by atoms with Gasteiger partial charge in [0.05, 0.1) is 16.7 Å². The number of piperazine rings is 1. The van der Waals surface area contributed by atoms with Crippen molar-refractivity contribution in [1.82, 2.24) is 4.31 Å². The Morgan fingerprint density at radius 3 is 2.23 bits per heavy atom. The molecule has 1 aromatic carbocycles. The van der Waals surface area contributed by atoms with Crippen LogP contribution in [-0.2, 0) is 10.0 Å². The molecular weight excluding hydrogens is 392 g/mol. The van der Waals surface area contributed by atoms with Crippen LogP contribution in [0.15, 0.2) is 17.0 Å².